The summed E-state index contributed by atoms with van der Waals surface area (Å²) in [7, 11) is 0. The molecule has 0 aliphatic carbocycles. The van der Waals surface area contributed by atoms with E-state index in [9.17, 15) is 0 Å². The standard InChI is InChI=1S/C18H21ClN2/c1-14(15-5-4-6-16(19)13-15)20-17-7-9-18(10-8-17)21-11-2-3-12-21/h4-10,13-14,20H,2-3,11-12H2,1H3. The van der Waals surface area contributed by atoms with Gasteiger partial charge in [-0.15, -0.1) is 0 Å². The molecule has 3 rings (SSSR count). The van der Waals surface area contributed by atoms with E-state index < -0.39 is 0 Å². The van der Waals surface area contributed by atoms with E-state index in [2.05, 4.69) is 47.5 Å². The highest BCUT2D eigenvalue weighted by molar-refractivity contribution is 6.30. The summed E-state index contributed by atoms with van der Waals surface area (Å²) in [6.45, 7) is 4.53. The quantitative estimate of drug-likeness (QED) is 0.843. The van der Waals surface area contributed by atoms with Gasteiger partial charge in [0.1, 0.15) is 0 Å². The molecule has 1 N–H and O–H groups in total. The topological polar surface area (TPSA) is 15.3 Å². The predicted molar refractivity (Wildman–Crippen MR) is 91.4 cm³/mol. The monoisotopic (exact) mass is 300 g/mol. The van der Waals surface area contributed by atoms with Crippen molar-refractivity contribution in [1.29, 1.82) is 0 Å². The second kappa shape index (κ2) is 6.40. The van der Waals surface area contributed by atoms with Crippen molar-refractivity contribution < 1.29 is 0 Å². The van der Waals surface area contributed by atoms with E-state index in [4.69, 9.17) is 11.6 Å². The maximum absolute atomic E-state index is 6.05. The summed E-state index contributed by atoms with van der Waals surface area (Å²) in [5.41, 5.74) is 3.67. The van der Waals surface area contributed by atoms with E-state index in [0.29, 0.717) is 0 Å². The minimum atomic E-state index is 0.237. The van der Waals surface area contributed by atoms with E-state index in [-0.39, 0.29) is 6.04 Å². The number of anilines is 2. The smallest absolute Gasteiger partial charge is 0.0486 e. The Morgan fingerprint density at radius 1 is 1.05 bits per heavy atom. The molecule has 110 valence electrons. The number of halogens is 1. The Bertz CT molecular complexity index is 588. The Morgan fingerprint density at radius 2 is 1.76 bits per heavy atom. The van der Waals surface area contributed by atoms with Crippen LogP contribution in [0.1, 0.15) is 31.4 Å². The summed E-state index contributed by atoms with van der Waals surface area (Å²) in [4.78, 5) is 2.45. The van der Waals surface area contributed by atoms with Gasteiger partial charge in [-0.3, -0.25) is 0 Å². The maximum atomic E-state index is 6.05. The molecule has 3 heteroatoms. The highest BCUT2D eigenvalue weighted by atomic mass is 35.5. The van der Waals surface area contributed by atoms with E-state index in [1.165, 1.54) is 37.2 Å². The van der Waals surface area contributed by atoms with Gasteiger partial charge in [0, 0.05) is 35.5 Å². The molecule has 0 spiro atoms. The predicted octanol–water partition coefficient (Wildman–Crippen LogP) is 5.11. The summed E-state index contributed by atoms with van der Waals surface area (Å²) >= 11 is 6.05. The van der Waals surface area contributed by atoms with Crippen LogP contribution in [0.3, 0.4) is 0 Å². The van der Waals surface area contributed by atoms with Gasteiger partial charge in [-0.05, 0) is 61.7 Å². The number of benzene rings is 2. The zero-order valence-corrected chi connectivity index (χ0v) is 13.1. The summed E-state index contributed by atoms with van der Waals surface area (Å²) in [6, 6.07) is 17.0. The molecule has 1 aliphatic rings. The molecular formula is C18H21ClN2. The van der Waals surface area contributed by atoms with Crippen molar-refractivity contribution in [2.75, 3.05) is 23.3 Å². The molecule has 2 nitrogen and oxygen atoms in total. The molecule has 0 bridgehead atoms. The molecule has 21 heavy (non-hydrogen) atoms. The van der Waals surface area contributed by atoms with Gasteiger partial charge in [0.05, 0.1) is 0 Å². The number of nitrogens with zero attached hydrogens (tertiary/aromatic N) is 1. The molecule has 2 aromatic rings. The van der Waals surface area contributed by atoms with Crippen LogP contribution in [-0.4, -0.2) is 13.1 Å². The lowest BCUT2D eigenvalue weighted by molar-refractivity contribution is 0.884. The summed E-state index contributed by atoms with van der Waals surface area (Å²) in [5, 5.41) is 4.31. The Kier molecular flexibility index (Phi) is 4.35. The van der Waals surface area contributed by atoms with Gasteiger partial charge < -0.3 is 10.2 Å². The largest absolute Gasteiger partial charge is 0.379 e. The van der Waals surface area contributed by atoms with Gasteiger partial charge in [-0.25, -0.2) is 0 Å². The van der Waals surface area contributed by atoms with Gasteiger partial charge >= 0.3 is 0 Å². The van der Waals surface area contributed by atoms with Crippen molar-refractivity contribution in [3.8, 4) is 0 Å². The fourth-order valence-corrected chi connectivity index (χ4v) is 3.05. The van der Waals surface area contributed by atoms with Crippen LogP contribution in [0, 0.1) is 0 Å². The van der Waals surface area contributed by atoms with E-state index in [0.717, 1.165) is 10.7 Å². The normalized spacial score (nSPS) is 16.0. The maximum Gasteiger partial charge on any atom is 0.0486 e. The third-order valence-electron chi connectivity index (χ3n) is 4.07. The van der Waals surface area contributed by atoms with Crippen LogP contribution >= 0.6 is 11.6 Å². The lowest BCUT2D eigenvalue weighted by atomic mass is 10.1. The zero-order chi connectivity index (χ0) is 14.7. The second-order valence-corrected chi connectivity index (χ2v) is 6.10. The van der Waals surface area contributed by atoms with Gasteiger partial charge in [0.15, 0.2) is 0 Å². The fraction of sp³-hybridized carbons (Fsp3) is 0.333. The van der Waals surface area contributed by atoms with Gasteiger partial charge in [0.2, 0.25) is 0 Å². The molecule has 0 aromatic heterocycles. The van der Waals surface area contributed by atoms with Crippen molar-refractivity contribution in [1.82, 2.24) is 0 Å². The molecule has 1 aliphatic heterocycles. The van der Waals surface area contributed by atoms with Gasteiger partial charge in [0.25, 0.3) is 0 Å². The number of rotatable bonds is 4. The average Bonchev–Trinajstić information content (AvgIpc) is 3.02. The van der Waals surface area contributed by atoms with E-state index in [1.807, 2.05) is 18.2 Å². The molecule has 0 saturated carbocycles. The first-order chi connectivity index (χ1) is 10.2. The van der Waals surface area contributed by atoms with Crippen LogP contribution in [0.25, 0.3) is 0 Å². The van der Waals surface area contributed by atoms with E-state index >= 15 is 0 Å². The summed E-state index contributed by atoms with van der Waals surface area (Å²) < 4.78 is 0. The first-order valence-corrected chi connectivity index (χ1v) is 7.97. The molecule has 2 aromatic carbocycles. The van der Waals surface area contributed by atoms with Crippen LogP contribution in [-0.2, 0) is 0 Å². The first kappa shape index (κ1) is 14.3. The van der Waals surface area contributed by atoms with Crippen LogP contribution in [0.5, 0.6) is 0 Å². The second-order valence-electron chi connectivity index (χ2n) is 5.66. The van der Waals surface area contributed by atoms with Crippen LogP contribution in [0.2, 0.25) is 5.02 Å². The highest BCUT2D eigenvalue weighted by Gasteiger charge is 2.12. The highest BCUT2D eigenvalue weighted by Crippen LogP contribution is 2.25. The average molecular weight is 301 g/mol. The van der Waals surface area contributed by atoms with Crippen LogP contribution in [0.4, 0.5) is 11.4 Å². The minimum Gasteiger partial charge on any atom is -0.379 e. The number of hydrogen-bond donors (Lipinski definition) is 1. The third-order valence-corrected chi connectivity index (χ3v) is 4.31. The Balaban J connectivity index is 1.67. The van der Waals surface area contributed by atoms with Crippen molar-refractivity contribution in [2.45, 2.75) is 25.8 Å². The zero-order valence-electron chi connectivity index (χ0n) is 12.3. The Hall–Kier alpha value is -1.67. The minimum absolute atomic E-state index is 0.237. The molecular weight excluding hydrogens is 280 g/mol. The Morgan fingerprint density at radius 3 is 2.43 bits per heavy atom. The lowest BCUT2D eigenvalue weighted by Crippen LogP contribution is -2.17. The Labute approximate surface area is 131 Å². The van der Waals surface area contributed by atoms with Crippen molar-refractivity contribution in [3.05, 3.63) is 59.1 Å². The SMILES string of the molecule is CC(Nc1ccc(N2CCCC2)cc1)c1cccc(Cl)c1. The van der Waals surface area contributed by atoms with Gasteiger partial charge in [-0.2, -0.15) is 0 Å². The molecule has 1 unspecified atom stereocenters. The number of nitrogens with one attached hydrogen (secondary N) is 1. The number of hydrogen-bond acceptors (Lipinski definition) is 2. The summed E-state index contributed by atoms with van der Waals surface area (Å²) in [5.74, 6) is 0. The molecule has 1 atom stereocenters. The molecule has 1 heterocycles. The van der Waals surface area contributed by atoms with Crippen molar-refractivity contribution in [3.63, 3.8) is 0 Å². The lowest BCUT2D eigenvalue weighted by Gasteiger charge is -2.19. The van der Waals surface area contributed by atoms with Crippen molar-refractivity contribution >= 4 is 23.0 Å². The molecule has 1 fully saturated rings. The molecule has 1 saturated heterocycles. The first-order valence-electron chi connectivity index (χ1n) is 7.59. The molecule has 0 amide bonds. The third kappa shape index (κ3) is 3.51. The fourth-order valence-electron chi connectivity index (χ4n) is 2.85. The summed E-state index contributed by atoms with van der Waals surface area (Å²) in [6.07, 6.45) is 2.62. The van der Waals surface area contributed by atoms with Gasteiger partial charge in [-0.1, -0.05) is 23.7 Å². The van der Waals surface area contributed by atoms with Crippen molar-refractivity contribution in [2.24, 2.45) is 0 Å². The van der Waals surface area contributed by atoms with Crippen LogP contribution in [0.15, 0.2) is 48.5 Å². The molecule has 0 radical (unpaired) electrons. The van der Waals surface area contributed by atoms with E-state index in [1.54, 1.807) is 0 Å². The van der Waals surface area contributed by atoms with Crippen LogP contribution < -0.4 is 10.2 Å².